The second-order valence-corrected chi connectivity index (χ2v) is 10.2. The molecular formula is C17H23BrO3S. The fourth-order valence-electron chi connectivity index (χ4n) is 4.17. The maximum atomic E-state index is 12.4. The van der Waals surface area contributed by atoms with Crippen LogP contribution in [0.5, 0.6) is 0 Å². The van der Waals surface area contributed by atoms with Crippen molar-refractivity contribution in [3.05, 3.63) is 34.3 Å². The number of aliphatic hydroxyl groups is 1. The van der Waals surface area contributed by atoms with E-state index in [9.17, 15) is 13.5 Å². The van der Waals surface area contributed by atoms with Crippen LogP contribution >= 0.6 is 15.9 Å². The average Bonchev–Trinajstić information content (AvgIpc) is 2.84. The predicted molar refractivity (Wildman–Crippen MR) is 91.4 cm³/mol. The van der Waals surface area contributed by atoms with Gasteiger partial charge in [-0.1, -0.05) is 34.5 Å². The molecule has 4 unspecified atom stereocenters. The van der Waals surface area contributed by atoms with Gasteiger partial charge in [0.05, 0.1) is 16.6 Å². The topological polar surface area (TPSA) is 54.4 Å². The Morgan fingerprint density at radius 1 is 1.18 bits per heavy atom. The highest BCUT2D eigenvalue weighted by atomic mass is 79.9. The molecule has 1 aromatic carbocycles. The fraction of sp³-hybridized carbons (Fsp3) is 0.647. The highest BCUT2D eigenvalue weighted by molar-refractivity contribution is 9.10. The molecule has 22 heavy (non-hydrogen) atoms. The maximum Gasteiger partial charge on any atom is 0.153 e. The number of hydrogen-bond donors (Lipinski definition) is 1. The highest BCUT2D eigenvalue weighted by Crippen LogP contribution is 2.48. The van der Waals surface area contributed by atoms with Crippen molar-refractivity contribution >= 4 is 25.8 Å². The highest BCUT2D eigenvalue weighted by Gasteiger charge is 2.48. The van der Waals surface area contributed by atoms with Crippen molar-refractivity contribution in [2.45, 2.75) is 49.9 Å². The number of hydrogen-bond acceptors (Lipinski definition) is 3. The van der Waals surface area contributed by atoms with Crippen LogP contribution in [0.15, 0.2) is 28.7 Å². The molecule has 1 N–H and O–H groups in total. The fourth-order valence-corrected chi connectivity index (χ4v) is 6.71. The Labute approximate surface area is 141 Å². The first-order valence-corrected chi connectivity index (χ1v) is 10.5. The Kier molecular flexibility index (Phi) is 4.43. The largest absolute Gasteiger partial charge is 0.385 e. The smallest absolute Gasteiger partial charge is 0.153 e. The van der Waals surface area contributed by atoms with Gasteiger partial charge in [-0.3, -0.25) is 0 Å². The zero-order valence-electron chi connectivity index (χ0n) is 12.8. The van der Waals surface area contributed by atoms with E-state index in [1.54, 1.807) is 0 Å². The minimum atomic E-state index is -3.00. The van der Waals surface area contributed by atoms with Gasteiger partial charge in [-0.25, -0.2) is 8.42 Å². The van der Waals surface area contributed by atoms with Crippen LogP contribution in [0, 0.1) is 11.8 Å². The second-order valence-electron chi connectivity index (χ2n) is 6.98. The average molecular weight is 387 g/mol. The third kappa shape index (κ3) is 3.00. The predicted octanol–water partition coefficient (Wildman–Crippen LogP) is 3.65. The molecule has 1 saturated carbocycles. The van der Waals surface area contributed by atoms with Gasteiger partial charge in [0.15, 0.2) is 9.84 Å². The summed E-state index contributed by atoms with van der Waals surface area (Å²) in [6, 6.07) is 7.70. The summed E-state index contributed by atoms with van der Waals surface area (Å²) >= 11 is 3.41. The molecule has 2 aliphatic rings. The Morgan fingerprint density at radius 2 is 1.86 bits per heavy atom. The summed E-state index contributed by atoms with van der Waals surface area (Å²) in [6.45, 7) is 1.83. The van der Waals surface area contributed by atoms with Gasteiger partial charge in [-0.05, 0) is 62.1 Å². The van der Waals surface area contributed by atoms with E-state index in [0.29, 0.717) is 12.2 Å². The molecule has 2 fully saturated rings. The molecule has 4 atom stereocenters. The molecule has 0 spiro atoms. The lowest BCUT2D eigenvalue weighted by Gasteiger charge is -2.31. The first kappa shape index (κ1) is 16.5. The van der Waals surface area contributed by atoms with Gasteiger partial charge in [0.25, 0.3) is 0 Å². The summed E-state index contributed by atoms with van der Waals surface area (Å²) in [5.74, 6) is 0.553. The normalized spacial score (nSPS) is 33.7. The Bertz CT molecular complexity index is 636. The molecule has 0 radical (unpaired) electrons. The molecule has 3 nitrogen and oxygen atoms in total. The molecule has 1 aliphatic carbocycles. The van der Waals surface area contributed by atoms with Crippen LogP contribution in [0.3, 0.4) is 0 Å². The minimum Gasteiger partial charge on any atom is -0.385 e. The summed E-state index contributed by atoms with van der Waals surface area (Å²) in [5, 5.41) is 10.8. The summed E-state index contributed by atoms with van der Waals surface area (Å²) in [5.41, 5.74) is -0.0999. The van der Waals surface area contributed by atoms with Crippen molar-refractivity contribution in [3.63, 3.8) is 0 Å². The van der Waals surface area contributed by atoms with E-state index in [-0.39, 0.29) is 17.1 Å². The van der Waals surface area contributed by atoms with Crippen molar-refractivity contribution in [2.75, 3.05) is 5.75 Å². The van der Waals surface area contributed by atoms with E-state index < -0.39 is 15.4 Å². The summed E-state index contributed by atoms with van der Waals surface area (Å²) < 4.78 is 25.9. The molecule has 0 aromatic heterocycles. The van der Waals surface area contributed by atoms with Crippen molar-refractivity contribution in [1.82, 2.24) is 0 Å². The molecule has 0 amide bonds. The summed E-state index contributed by atoms with van der Waals surface area (Å²) in [7, 11) is -3.00. The second kappa shape index (κ2) is 5.91. The van der Waals surface area contributed by atoms with Crippen molar-refractivity contribution in [1.29, 1.82) is 0 Å². The van der Waals surface area contributed by atoms with Crippen LogP contribution in [0.25, 0.3) is 0 Å². The van der Waals surface area contributed by atoms with Gasteiger partial charge >= 0.3 is 0 Å². The van der Waals surface area contributed by atoms with Gasteiger partial charge in [-0.15, -0.1) is 0 Å². The quantitative estimate of drug-likeness (QED) is 0.843. The van der Waals surface area contributed by atoms with E-state index in [0.717, 1.165) is 35.7 Å². The van der Waals surface area contributed by atoms with E-state index in [2.05, 4.69) is 15.9 Å². The molecule has 0 bridgehead atoms. The van der Waals surface area contributed by atoms with Crippen molar-refractivity contribution < 1.29 is 13.5 Å². The van der Waals surface area contributed by atoms with Crippen LogP contribution in [-0.2, 0) is 15.4 Å². The van der Waals surface area contributed by atoms with Gasteiger partial charge < -0.3 is 5.11 Å². The molecular weight excluding hydrogens is 364 g/mol. The number of sulfone groups is 1. The van der Waals surface area contributed by atoms with Crippen LogP contribution in [-0.4, -0.2) is 24.5 Å². The zero-order chi connectivity index (χ0) is 16.0. The molecule has 5 heteroatoms. The first-order chi connectivity index (χ1) is 10.3. The third-order valence-corrected chi connectivity index (χ3v) is 8.45. The molecule has 3 rings (SSSR count). The van der Waals surface area contributed by atoms with Gasteiger partial charge in [0, 0.05) is 4.47 Å². The van der Waals surface area contributed by atoms with E-state index >= 15 is 0 Å². The molecule has 1 heterocycles. The van der Waals surface area contributed by atoms with Gasteiger partial charge in [0.2, 0.25) is 0 Å². The number of halogens is 1. The van der Waals surface area contributed by atoms with E-state index in [4.69, 9.17) is 0 Å². The lowest BCUT2D eigenvalue weighted by Crippen LogP contribution is -2.31. The molecule has 1 aromatic rings. The number of rotatable bonds is 2. The third-order valence-electron chi connectivity index (χ3n) is 5.57. The maximum absolute atomic E-state index is 12.4. The monoisotopic (exact) mass is 386 g/mol. The van der Waals surface area contributed by atoms with Crippen LogP contribution in [0.2, 0.25) is 0 Å². The summed E-state index contributed by atoms with van der Waals surface area (Å²) in [4.78, 5) is 0. The minimum absolute atomic E-state index is 0.0107. The SMILES string of the molecule is CC(O)(c1ccc(Br)cc1)C1CC2CCCCS(=O)(=O)C2C1. The summed E-state index contributed by atoms with van der Waals surface area (Å²) in [6.07, 6.45) is 4.18. The lowest BCUT2D eigenvalue weighted by atomic mass is 9.81. The lowest BCUT2D eigenvalue weighted by molar-refractivity contribution is -0.00511. The Balaban J connectivity index is 1.86. The Hall–Kier alpha value is -0.390. The van der Waals surface area contributed by atoms with Crippen molar-refractivity contribution in [3.8, 4) is 0 Å². The number of fused-ring (bicyclic) bond motifs is 1. The zero-order valence-corrected chi connectivity index (χ0v) is 15.2. The molecule has 1 saturated heterocycles. The first-order valence-electron chi connectivity index (χ1n) is 8.00. The van der Waals surface area contributed by atoms with E-state index in [1.807, 2.05) is 31.2 Å². The standard InChI is InChI=1S/C17H23BrO3S/c1-17(19,13-5-7-15(18)8-6-13)14-10-12-4-2-3-9-22(20,21)16(12)11-14/h5-8,12,14,16,19H,2-4,9-11H2,1H3. The van der Waals surface area contributed by atoms with Crippen LogP contribution in [0.4, 0.5) is 0 Å². The van der Waals surface area contributed by atoms with Crippen LogP contribution in [0.1, 0.15) is 44.6 Å². The van der Waals surface area contributed by atoms with E-state index in [1.165, 1.54) is 0 Å². The molecule has 1 aliphatic heterocycles. The Morgan fingerprint density at radius 3 is 2.55 bits per heavy atom. The van der Waals surface area contributed by atoms with Crippen LogP contribution < -0.4 is 0 Å². The van der Waals surface area contributed by atoms with Gasteiger partial charge in [0.1, 0.15) is 0 Å². The van der Waals surface area contributed by atoms with Gasteiger partial charge in [-0.2, -0.15) is 0 Å². The molecule has 122 valence electrons. The number of benzene rings is 1. The van der Waals surface area contributed by atoms with Crippen molar-refractivity contribution in [2.24, 2.45) is 11.8 Å².